The third-order valence-corrected chi connectivity index (χ3v) is 6.41. The highest BCUT2D eigenvalue weighted by atomic mass is 16.3. The normalized spacial score (nSPS) is 23.0. The molecule has 3 heterocycles. The Hall–Kier alpha value is -2.93. The van der Waals surface area contributed by atoms with E-state index in [0.29, 0.717) is 29.4 Å². The number of carbonyl (C=O) groups is 1. The van der Waals surface area contributed by atoms with E-state index >= 15 is 0 Å². The maximum Gasteiger partial charge on any atom is 0.246 e. The monoisotopic (exact) mass is 421 g/mol. The molecular formula is C24H31N5O2. The van der Waals surface area contributed by atoms with Crippen LogP contribution in [-0.2, 0) is 4.79 Å². The molecule has 2 N–H and O–H groups in total. The van der Waals surface area contributed by atoms with Gasteiger partial charge in [0.15, 0.2) is 5.82 Å². The van der Waals surface area contributed by atoms with E-state index in [0.717, 1.165) is 24.2 Å². The molecule has 3 atom stereocenters. The van der Waals surface area contributed by atoms with Crippen LogP contribution < -0.4 is 10.2 Å². The number of carbonyl (C=O) groups excluding carboxylic acids is 1. The van der Waals surface area contributed by atoms with Crippen LogP contribution in [0.3, 0.4) is 0 Å². The van der Waals surface area contributed by atoms with Crippen molar-refractivity contribution >= 4 is 17.8 Å². The number of nitrogens with one attached hydrogen (secondary N) is 1. The van der Waals surface area contributed by atoms with Crippen molar-refractivity contribution in [3.05, 3.63) is 42.0 Å². The fourth-order valence-corrected chi connectivity index (χ4v) is 4.58. The van der Waals surface area contributed by atoms with Gasteiger partial charge in [0.05, 0.1) is 5.69 Å². The number of nitrogens with zero attached hydrogens (tertiary/aromatic N) is 4. The number of rotatable bonds is 5. The second kappa shape index (κ2) is 9.06. The number of anilines is 1. The molecule has 0 aliphatic carbocycles. The fourth-order valence-electron chi connectivity index (χ4n) is 4.58. The summed E-state index contributed by atoms with van der Waals surface area (Å²) >= 11 is 0. The summed E-state index contributed by atoms with van der Waals surface area (Å²) in [4.78, 5) is 15.4. The topological polar surface area (TPSA) is 81.6 Å². The van der Waals surface area contributed by atoms with Crippen LogP contribution in [0.2, 0.25) is 0 Å². The van der Waals surface area contributed by atoms with Gasteiger partial charge in [0.1, 0.15) is 5.75 Å². The summed E-state index contributed by atoms with van der Waals surface area (Å²) in [6.45, 7) is 0. The molecule has 2 bridgehead atoms. The van der Waals surface area contributed by atoms with E-state index in [9.17, 15) is 9.90 Å². The maximum absolute atomic E-state index is 11.7. The molecule has 7 heteroatoms. The van der Waals surface area contributed by atoms with E-state index in [-0.39, 0.29) is 11.7 Å². The van der Waals surface area contributed by atoms with Crippen molar-refractivity contribution in [2.75, 3.05) is 26.0 Å². The van der Waals surface area contributed by atoms with Gasteiger partial charge in [-0.1, -0.05) is 12.5 Å². The van der Waals surface area contributed by atoms with Gasteiger partial charge in [0.25, 0.3) is 0 Å². The smallest absolute Gasteiger partial charge is 0.246 e. The van der Waals surface area contributed by atoms with Gasteiger partial charge in [-0.25, -0.2) is 0 Å². The third kappa shape index (κ3) is 4.88. The molecule has 1 aromatic carbocycles. The number of benzene rings is 1. The predicted molar refractivity (Wildman–Crippen MR) is 123 cm³/mol. The molecule has 0 saturated carbocycles. The van der Waals surface area contributed by atoms with Gasteiger partial charge in [-0.2, -0.15) is 0 Å². The fraction of sp³-hybridized carbons (Fsp3) is 0.458. The summed E-state index contributed by atoms with van der Waals surface area (Å²) < 4.78 is 0. The Morgan fingerprint density at radius 3 is 2.45 bits per heavy atom. The number of hydrogen-bond acceptors (Lipinski definition) is 6. The molecule has 2 fully saturated rings. The lowest BCUT2D eigenvalue weighted by Gasteiger charge is -2.43. The van der Waals surface area contributed by atoms with Gasteiger partial charge < -0.3 is 20.2 Å². The third-order valence-electron chi connectivity index (χ3n) is 6.41. The first-order valence-corrected chi connectivity index (χ1v) is 11.0. The molecule has 0 spiro atoms. The zero-order valence-electron chi connectivity index (χ0n) is 18.5. The second-order valence-corrected chi connectivity index (χ2v) is 8.85. The Kier molecular flexibility index (Phi) is 6.23. The maximum atomic E-state index is 11.7. The van der Waals surface area contributed by atoms with E-state index in [1.54, 1.807) is 32.3 Å². The highest BCUT2D eigenvalue weighted by molar-refractivity contribution is 5.91. The number of fused-ring (bicyclic) bond motifs is 2. The van der Waals surface area contributed by atoms with E-state index in [4.69, 9.17) is 0 Å². The van der Waals surface area contributed by atoms with E-state index in [1.807, 2.05) is 18.2 Å². The van der Waals surface area contributed by atoms with Crippen LogP contribution in [0.25, 0.3) is 17.3 Å². The summed E-state index contributed by atoms with van der Waals surface area (Å²) in [5, 5.41) is 23.0. The van der Waals surface area contributed by atoms with Crippen LogP contribution >= 0.6 is 0 Å². The Labute approximate surface area is 183 Å². The number of aromatic nitrogens is 2. The molecule has 4 rings (SSSR count). The second-order valence-electron chi connectivity index (χ2n) is 8.85. The first kappa shape index (κ1) is 21.3. The zero-order chi connectivity index (χ0) is 22.0. The highest BCUT2D eigenvalue weighted by Crippen LogP contribution is 2.32. The minimum Gasteiger partial charge on any atom is -0.507 e. The first-order chi connectivity index (χ1) is 14.9. The first-order valence-electron chi connectivity index (χ1n) is 11.0. The van der Waals surface area contributed by atoms with Crippen LogP contribution in [-0.4, -0.2) is 65.4 Å². The van der Waals surface area contributed by atoms with E-state index in [2.05, 4.69) is 27.5 Å². The Morgan fingerprint density at radius 2 is 1.84 bits per heavy atom. The summed E-state index contributed by atoms with van der Waals surface area (Å²) in [5.41, 5.74) is 1.99. The average Bonchev–Trinajstić information content (AvgIpc) is 2.77. The van der Waals surface area contributed by atoms with Crippen molar-refractivity contribution in [1.29, 1.82) is 0 Å². The number of phenolic OH excluding ortho intramolecular Hbond substituents is 1. The minimum atomic E-state index is -0.105. The van der Waals surface area contributed by atoms with Crippen molar-refractivity contribution in [2.45, 2.75) is 50.2 Å². The lowest BCUT2D eigenvalue weighted by molar-refractivity contribution is -0.123. The quantitative estimate of drug-likeness (QED) is 0.722. The van der Waals surface area contributed by atoms with E-state index < -0.39 is 0 Å². The number of likely N-dealkylation sites (N-methyl/N-ethyl adjacent to an activating group) is 1. The van der Waals surface area contributed by atoms with Crippen molar-refractivity contribution in [3.8, 4) is 17.0 Å². The van der Waals surface area contributed by atoms with Crippen LogP contribution in [0, 0.1) is 0 Å². The SMILES string of the molecule is CN(C)C(=O)/C=C/c1ccc(-c2ccc(N(C)C3C[C@H]4CCC[C@@H](C3)N4)nn2)c(O)c1. The standard InChI is InChI=1S/C24H31N5O2/c1-28(2)24(31)12-8-16-7-9-20(22(30)13-16)21-10-11-23(27-26-21)29(3)19-14-17-5-4-6-18(15-19)25-17/h7-13,17-19,25,30H,4-6,14-15H2,1-3H3/b12-8+/t17-,18+,19?. The van der Waals surface area contributed by atoms with Gasteiger partial charge in [0.2, 0.25) is 5.91 Å². The number of phenols is 1. The van der Waals surface area contributed by atoms with Crippen molar-refractivity contribution < 1.29 is 9.90 Å². The zero-order valence-corrected chi connectivity index (χ0v) is 18.5. The molecule has 31 heavy (non-hydrogen) atoms. The van der Waals surface area contributed by atoms with Gasteiger partial charge in [-0.05, 0) is 61.6 Å². The van der Waals surface area contributed by atoms with Gasteiger partial charge in [-0.3, -0.25) is 4.79 Å². The molecular weight excluding hydrogens is 390 g/mol. The molecule has 7 nitrogen and oxygen atoms in total. The summed E-state index contributed by atoms with van der Waals surface area (Å²) in [6.07, 6.45) is 9.30. The Balaban J connectivity index is 1.46. The number of piperidine rings is 2. The van der Waals surface area contributed by atoms with Crippen LogP contribution in [0.1, 0.15) is 37.7 Å². The van der Waals surface area contributed by atoms with Crippen molar-refractivity contribution in [3.63, 3.8) is 0 Å². The van der Waals surface area contributed by atoms with Crippen LogP contribution in [0.5, 0.6) is 5.75 Å². The van der Waals surface area contributed by atoms with Gasteiger partial charge in [-0.15, -0.1) is 10.2 Å². The Bertz CT molecular complexity index is 945. The van der Waals surface area contributed by atoms with Gasteiger partial charge >= 0.3 is 0 Å². The number of hydrogen-bond donors (Lipinski definition) is 2. The summed E-state index contributed by atoms with van der Waals surface area (Å²) in [7, 11) is 5.50. The molecule has 1 amide bonds. The lowest BCUT2D eigenvalue weighted by Crippen LogP contribution is -2.54. The minimum absolute atomic E-state index is 0.105. The highest BCUT2D eigenvalue weighted by Gasteiger charge is 2.33. The molecule has 0 radical (unpaired) electrons. The van der Waals surface area contributed by atoms with E-state index in [1.165, 1.54) is 30.2 Å². The molecule has 1 unspecified atom stereocenters. The summed E-state index contributed by atoms with van der Waals surface area (Å²) in [6, 6.07) is 10.9. The average molecular weight is 422 g/mol. The molecule has 2 aliphatic heterocycles. The van der Waals surface area contributed by atoms with Crippen LogP contribution in [0.15, 0.2) is 36.4 Å². The summed E-state index contributed by atoms with van der Waals surface area (Å²) in [5.74, 6) is 0.863. The number of aromatic hydroxyl groups is 1. The molecule has 164 valence electrons. The molecule has 2 saturated heterocycles. The molecule has 2 aromatic rings. The van der Waals surface area contributed by atoms with Crippen LogP contribution in [0.4, 0.5) is 5.82 Å². The number of amides is 1. The molecule has 1 aromatic heterocycles. The van der Waals surface area contributed by atoms with Crippen molar-refractivity contribution in [1.82, 2.24) is 20.4 Å². The molecule has 2 aliphatic rings. The van der Waals surface area contributed by atoms with Gasteiger partial charge in [0, 0.05) is 50.9 Å². The predicted octanol–water partition coefficient (Wildman–Crippen LogP) is 3.06. The lowest BCUT2D eigenvalue weighted by atomic mass is 9.83. The largest absolute Gasteiger partial charge is 0.507 e. The van der Waals surface area contributed by atoms with Crippen molar-refractivity contribution in [2.24, 2.45) is 0 Å². The Morgan fingerprint density at radius 1 is 1.10 bits per heavy atom.